The van der Waals surface area contributed by atoms with Crippen LogP contribution in [0.2, 0.25) is 0 Å². The van der Waals surface area contributed by atoms with E-state index in [2.05, 4.69) is 0 Å². The summed E-state index contributed by atoms with van der Waals surface area (Å²) in [5.41, 5.74) is -1.65. The topological polar surface area (TPSA) is 89.9 Å². The van der Waals surface area contributed by atoms with Crippen molar-refractivity contribution >= 4 is 17.9 Å². The van der Waals surface area contributed by atoms with Crippen LogP contribution in [0.1, 0.15) is 57.8 Å². The third kappa shape index (κ3) is 5.68. The summed E-state index contributed by atoms with van der Waals surface area (Å²) in [4.78, 5) is 34.7. The van der Waals surface area contributed by atoms with Gasteiger partial charge in [0, 0.05) is 12.8 Å². The highest BCUT2D eigenvalue weighted by Gasteiger charge is 2.37. The Bertz CT molecular complexity index is 613. The summed E-state index contributed by atoms with van der Waals surface area (Å²) >= 11 is 0. The molecule has 0 fully saturated rings. The molecule has 1 rings (SSSR count). The Morgan fingerprint density at radius 3 is 2.04 bits per heavy atom. The molecule has 0 bridgehead atoms. The lowest BCUT2D eigenvalue weighted by atomic mass is 9.82. The van der Waals surface area contributed by atoms with Crippen molar-refractivity contribution < 1.29 is 29.0 Å². The van der Waals surface area contributed by atoms with E-state index in [4.69, 9.17) is 9.47 Å². The average Bonchev–Trinajstić information content (AvgIpc) is 2.45. The van der Waals surface area contributed by atoms with Crippen molar-refractivity contribution in [3.8, 4) is 5.75 Å². The largest absolute Gasteiger partial charge is 0.481 e. The highest BCUT2D eigenvalue weighted by atomic mass is 16.6. The molecule has 132 valence electrons. The second kappa shape index (κ2) is 7.47. The van der Waals surface area contributed by atoms with E-state index < -0.39 is 23.0 Å². The van der Waals surface area contributed by atoms with Gasteiger partial charge in [0.15, 0.2) is 0 Å². The maximum absolute atomic E-state index is 12.2. The van der Waals surface area contributed by atoms with Crippen molar-refractivity contribution in [1.82, 2.24) is 0 Å². The van der Waals surface area contributed by atoms with Crippen LogP contribution in [0, 0.1) is 5.41 Å². The first-order valence-corrected chi connectivity index (χ1v) is 7.74. The van der Waals surface area contributed by atoms with Crippen molar-refractivity contribution in [1.29, 1.82) is 0 Å². The number of rotatable bonds is 7. The zero-order valence-electron chi connectivity index (χ0n) is 14.7. The van der Waals surface area contributed by atoms with Crippen LogP contribution in [-0.4, -0.2) is 28.6 Å². The minimum atomic E-state index is -1.01. The lowest BCUT2D eigenvalue weighted by molar-refractivity contribution is -0.150. The van der Waals surface area contributed by atoms with Gasteiger partial charge in [0.2, 0.25) is 0 Å². The molecule has 0 saturated heterocycles. The van der Waals surface area contributed by atoms with E-state index in [0.29, 0.717) is 11.3 Å². The van der Waals surface area contributed by atoms with Gasteiger partial charge in [-0.3, -0.25) is 9.59 Å². The molecule has 0 aromatic heterocycles. The smallest absolute Gasteiger partial charge is 0.338 e. The molecule has 0 radical (unpaired) electrons. The zero-order valence-corrected chi connectivity index (χ0v) is 14.7. The van der Waals surface area contributed by atoms with Crippen molar-refractivity contribution in [2.24, 2.45) is 5.41 Å². The molecule has 0 aliphatic carbocycles. The summed E-state index contributed by atoms with van der Waals surface area (Å²) in [6.07, 6.45) is 0.435. The molecule has 6 heteroatoms. The minimum absolute atomic E-state index is 0.174. The molecule has 0 aliphatic rings. The van der Waals surface area contributed by atoms with E-state index in [9.17, 15) is 19.5 Å². The fourth-order valence-electron chi connectivity index (χ4n) is 2.35. The van der Waals surface area contributed by atoms with Crippen LogP contribution in [0.5, 0.6) is 5.75 Å². The van der Waals surface area contributed by atoms with Crippen LogP contribution < -0.4 is 4.74 Å². The van der Waals surface area contributed by atoms with Crippen molar-refractivity contribution in [3.05, 3.63) is 29.8 Å². The molecule has 6 nitrogen and oxygen atoms in total. The number of carbonyl (C=O) groups excluding carboxylic acids is 2. The van der Waals surface area contributed by atoms with E-state index in [1.54, 1.807) is 34.6 Å². The Hall–Kier alpha value is -2.37. The maximum atomic E-state index is 12.2. The van der Waals surface area contributed by atoms with Gasteiger partial charge in [-0.25, -0.2) is 4.79 Å². The Morgan fingerprint density at radius 2 is 1.58 bits per heavy atom. The molecule has 1 aromatic carbocycles. The van der Waals surface area contributed by atoms with Gasteiger partial charge >= 0.3 is 17.9 Å². The fourth-order valence-corrected chi connectivity index (χ4v) is 2.35. The number of carboxylic acids is 1. The fraction of sp³-hybridized carbons (Fsp3) is 0.500. The number of benzene rings is 1. The molecular weight excluding hydrogens is 312 g/mol. The Labute approximate surface area is 141 Å². The van der Waals surface area contributed by atoms with Gasteiger partial charge in [-0.15, -0.1) is 0 Å². The highest BCUT2D eigenvalue weighted by molar-refractivity contribution is 5.90. The Kier molecular flexibility index (Phi) is 6.12. The summed E-state index contributed by atoms with van der Waals surface area (Å²) in [7, 11) is 0. The van der Waals surface area contributed by atoms with Crippen LogP contribution in [0.4, 0.5) is 0 Å². The van der Waals surface area contributed by atoms with Gasteiger partial charge in [-0.1, -0.05) is 6.92 Å². The number of aliphatic carboxylic acids is 1. The summed E-state index contributed by atoms with van der Waals surface area (Å²) in [5.74, 6) is -1.52. The van der Waals surface area contributed by atoms with E-state index in [1.165, 1.54) is 24.3 Å². The average molecular weight is 336 g/mol. The van der Waals surface area contributed by atoms with Crippen molar-refractivity contribution in [3.63, 3.8) is 0 Å². The summed E-state index contributed by atoms with van der Waals surface area (Å²) < 4.78 is 10.5. The maximum Gasteiger partial charge on any atom is 0.338 e. The zero-order chi connectivity index (χ0) is 18.5. The molecule has 0 saturated carbocycles. The molecular formula is C18H24O6. The third-order valence-electron chi connectivity index (χ3n) is 3.43. The molecule has 0 spiro atoms. The second-order valence-electron chi connectivity index (χ2n) is 6.87. The second-order valence-corrected chi connectivity index (χ2v) is 6.87. The minimum Gasteiger partial charge on any atom is -0.481 e. The van der Waals surface area contributed by atoms with Crippen LogP contribution in [-0.2, 0) is 14.3 Å². The molecule has 0 aliphatic heterocycles. The molecule has 24 heavy (non-hydrogen) atoms. The lowest BCUT2D eigenvalue weighted by Gasteiger charge is -2.31. The predicted molar refractivity (Wildman–Crippen MR) is 87.9 cm³/mol. The van der Waals surface area contributed by atoms with E-state index in [0.717, 1.165) is 0 Å². The first-order chi connectivity index (χ1) is 11.0. The van der Waals surface area contributed by atoms with E-state index >= 15 is 0 Å². The first kappa shape index (κ1) is 19.7. The molecule has 1 N–H and O–H groups in total. The SMILES string of the molecule is CCC(=O)Oc1ccc(C(=O)OC(C)(C)CC(C)(C)C(=O)O)cc1. The van der Waals surface area contributed by atoms with E-state index in [-0.39, 0.29) is 18.8 Å². The number of hydrogen-bond acceptors (Lipinski definition) is 5. The van der Waals surface area contributed by atoms with Gasteiger partial charge in [-0.05, 0) is 52.0 Å². The lowest BCUT2D eigenvalue weighted by Crippen LogP contribution is -2.37. The summed E-state index contributed by atoms with van der Waals surface area (Å²) in [5, 5.41) is 9.20. The van der Waals surface area contributed by atoms with Gasteiger partial charge in [0.1, 0.15) is 11.4 Å². The number of esters is 2. The number of ether oxygens (including phenoxy) is 2. The Morgan fingerprint density at radius 1 is 1.04 bits per heavy atom. The molecule has 0 atom stereocenters. The van der Waals surface area contributed by atoms with Crippen molar-refractivity contribution in [2.75, 3.05) is 0 Å². The monoisotopic (exact) mass is 336 g/mol. The van der Waals surface area contributed by atoms with E-state index in [1.807, 2.05) is 0 Å². The van der Waals surface area contributed by atoms with Gasteiger partial charge in [-0.2, -0.15) is 0 Å². The van der Waals surface area contributed by atoms with Gasteiger partial charge in [0.05, 0.1) is 11.0 Å². The normalized spacial score (nSPS) is 11.7. The highest BCUT2D eigenvalue weighted by Crippen LogP contribution is 2.31. The van der Waals surface area contributed by atoms with Crippen LogP contribution in [0.15, 0.2) is 24.3 Å². The summed E-state index contributed by atoms with van der Waals surface area (Å²) in [6.45, 7) is 8.21. The number of hydrogen-bond donors (Lipinski definition) is 1. The van der Waals surface area contributed by atoms with Crippen LogP contribution in [0.3, 0.4) is 0 Å². The number of carbonyl (C=O) groups is 3. The summed E-state index contributed by atoms with van der Waals surface area (Å²) in [6, 6.07) is 6.02. The van der Waals surface area contributed by atoms with Crippen molar-refractivity contribution in [2.45, 2.75) is 53.1 Å². The van der Waals surface area contributed by atoms with Gasteiger partial charge < -0.3 is 14.6 Å². The quantitative estimate of drug-likeness (QED) is 0.606. The van der Waals surface area contributed by atoms with Crippen LogP contribution >= 0.6 is 0 Å². The molecule has 0 heterocycles. The molecule has 0 amide bonds. The van der Waals surface area contributed by atoms with Crippen LogP contribution in [0.25, 0.3) is 0 Å². The first-order valence-electron chi connectivity index (χ1n) is 7.74. The predicted octanol–water partition coefficient (Wildman–Crippen LogP) is 3.44. The molecule has 0 unspecified atom stereocenters. The van der Waals surface area contributed by atoms with Gasteiger partial charge in [0.25, 0.3) is 0 Å². The Balaban J connectivity index is 2.76. The third-order valence-corrected chi connectivity index (χ3v) is 3.43. The standard InChI is InChI=1S/C18H24O6/c1-6-14(19)23-13-9-7-12(8-10-13)15(20)24-18(4,5)11-17(2,3)16(21)22/h7-10H,6,11H2,1-5H3,(H,21,22). The number of carboxylic acid groups (broad SMARTS) is 1. The molecule has 1 aromatic rings.